The molecule has 1 aliphatic rings. The van der Waals surface area contributed by atoms with Gasteiger partial charge < -0.3 is 24.1 Å². The largest absolute Gasteiger partial charge is 0.379 e. The average molecular weight is 636 g/mol. The number of carbonyl (C=O) groups is 1. The van der Waals surface area contributed by atoms with Gasteiger partial charge in [0.15, 0.2) is 11.6 Å². The number of nitrogens with one attached hydrogen (secondary N) is 1. The predicted molar refractivity (Wildman–Crippen MR) is 171 cm³/mol. The number of benzene rings is 1. The normalized spacial score (nSPS) is 16.6. The second-order valence-corrected chi connectivity index (χ2v) is 11.8. The maximum absolute atomic E-state index is 14.9. The van der Waals surface area contributed by atoms with Gasteiger partial charge in [0.05, 0.1) is 51.1 Å². The predicted octanol–water partition coefficient (Wildman–Crippen LogP) is 6.14. The van der Waals surface area contributed by atoms with Gasteiger partial charge in [0, 0.05) is 43.3 Å². The van der Waals surface area contributed by atoms with E-state index in [-0.39, 0.29) is 17.7 Å². The van der Waals surface area contributed by atoms with Crippen molar-refractivity contribution in [3.05, 3.63) is 77.9 Å². The van der Waals surface area contributed by atoms with Gasteiger partial charge in [-0.15, -0.1) is 0 Å². The minimum Gasteiger partial charge on any atom is -0.379 e. The highest BCUT2D eigenvalue weighted by Crippen LogP contribution is 2.34. The zero-order valence-electron chi connectivity index (χ0n) is 26.4. The van der Waals surface area contributed by atoms with Crippen LogP contribution in [-0.4, -0.2) is 76.9 Å². The Bertz CT molecular complexity index is 1540. The summed E-state index contributed by atoms with van der Waals surface area (Å²) < 4.78 is 45.4. The maximum atomic E-state index is 14.9. The van der Waals surface area contributed by atoms with Crippen molar-refractivity contribution in [3.63, 3.8) is 0 Å². The highest BCUT2D eigenvalue weighted by atomic mass is 19.1. The number of aromatic nitrogens is 4. The number of amides is 1. The molecule has 0 bridgehead atoms. The molecule has 5 rings (SSSR count). The van der Waals surface area contributed by atoms with Gasteiger partial charge in [-0.1, -0.05) is 43.2 Å². The zero-order valence-corrected chi connectivity index (χ0v) is 26.4. The third-order valence-corrected chi connectivity index (χ3v) is 8.41. The Balaban J connectivity index is 1.16. The van der Waals surface area contributed by atoms with Crippen LogP contribution in [0.5, 0.6) is 0 Å². The van der Waals surface area contributed by atoms with Crippen LogP contribution in [0, 0.1) is 23.5 Å². The van der Waals surface area contributed by atoms with Gasteiger partial charge >= 0.3 is 0 Å². The molecule has 1 fully saturated rings. The van der Waals surface area contributed by atoms with Crippen molar-refractivity contribution < 1.29 is 27.8 Å². The SMILES string of the molecule is CCOCCOCCOCCN(Cc1ccccc1)C(=O)C[C@@H]1CCC[C@H](Cc2nc(-c3c[nH]c4ncc(F)cc34)ncc2F)C1. The number of H-pyrrole nitrogens is 1. The second kappa shape index (κ2) is 17.2. The molecule has 11 heteroatoms. The summed E-state index contributed by atoms with van der Waals surface area (Å²) in [4.78, 5) is 31.3. The molecule has 4 aromatic rings. The first-order valence-corrected chi connectivity index (χ1v) is 16.2. The molecule has 3 heterocycles. The van der Waals surface area contributed by atoms with E-state index in [1.807, 2.05) is 42.2 Å². The van der Waals surface area contributed by atoms with Crippen molar-refractivity contribution in [1.29, 1.82) is 0 Å². The highest BCUT2D eigenvalue weighted by molar-refractivity contribution is 5.91. The van der Waals surface area contributed by atoms with E-state index < -0.39 is 11.6 Å². The summed E-state index contributed by atoms with van der Waals surface area (Å²) in [5.74, 6) is -0.0993. The molecule has 246 valence electrons. The molecule has 3 aromatic heterocycles. The van der Waals surface area contributed by atoms with Crippen LogP contribution in [0.25, 0.3) is 22.4 Å². The van der Waals surface area contributed by atoms with Crippen LogP contribution in [0.3, 0.4) is 0 Å². The van der Waals surface area contributed by atoms with E-state index in [0.717, 1.165) is 37.4 Å². The Morgan fingerprint density at radius 3 is 2.54 bits per heavy atom. The van der Waals surface area contributed by atoms with Crippen LogP contribution in [0.1, 0.15) is 50.3 Å². The number of pyridine rings is 1. The van der Waals surface area contributed by atoms with Gasteiger partial charge in [0.1, 0.15) is 11.5 Å². The molecule has 0 saturated heterocycles. The van der Waals surface area contributed by atoms with Gasteiger partial charge in [0.2, 0.25) is 5.91 Å². The summed E-state index contributed by atoms with van der Waals surface area (Å²) in [6.45, 7) is 6.10. The van der Waals surface area contributed by atoms with Gasteiger partial charge in [-0.2, -0.15) is 0 Å². The van der Waals surface area contributed by atoms with Crippen LogP contribution in [0.15, 0.2) is 55.0 Å². The van der Waals surface area contributed by atoms with Gasteiger partial charge in [-0.3, -0.25) is 4.79 Å². The van der Waals surface area contributed by atoms with Crippen molar-refractivity contribution >= 4 is 16.9 Å². The third kappa shape index (κ3) is 9.60. The monoisotopic (exact) mass is 635 g/mol. The molecule has 0 spiro atoms. The Kier molecular flexibility index (Phi) is 12.6. The summed E-state index contributed by atoms with van der Waals surface area (Å²) in [6.07, 6.45) is 8.58. The first-order valence-electron chi connectivity index (χ1n) is 16.2. The quantitative estimate of drug-likeness (QED) is 0.139. The average Bonchev–Trinajstić information content (AvgIpc) is 3.48. The van der Waals surface area contributed by atoms with Crippen molar-refractivity contribution in [2.24, 2.45) is 11.8 Å². The molecule has 0 radical (unpaired) electrons. The zero-order chi connectivity index (χ0) is 32.1. The maximum Gasteiger partial charge on any atom is 0.223 e. The molecule has 0 aliphatic heterocycles. The summed E-state index contributed by atoms with van der Waals surface area (Å²) in [6, 6.07) is 11.3. The molecule has 1 N–H and O–H groups in total. The Morgan fingerprint density at radius 2 is 1.74 bits per heavy atom. The number of halogens is 2. The van der Waals surface area contributed by atoms with Gasteiger partial charge in [-0.05, 0) is 49.7 Å². The van der Waals surface area contributed by atoms with Crippen LogP contribution in [0.4, 0.5) is 8.78 Å². The molecule has 1 amide bonds. The minimum atomic E-state index is -0.466. The summed E-state index contributed by atoms with van der Waals surface area (Å²) in [5, 5.41) is 0.546. The number of aromatic amines is 1. The van der Waals surface area contributed by atoms with E-state index >= 15 is 0 Å². The first kappa shape index (κ1) is 33.6. The van der Waals surface area contributed by atoms with E-state index in [1.165, 1.54) is 12.3 Å². The molecule has 0 unspecified atom stereocenters. The topological polar surface area (TPSA) is 102 Å². The Hall–Kier alpha value is -3.80. The van der Waals surface area contributed by atoms with Crippen molar-refractivity contribution in [2.75, 3.05) is 46.2 Å². The van der Waals surface area contributed by atoms with E-state index in [4.69, 9.17) is 14.2 Å². The minimum absolute atomic E-state index is 0.0988. The molecular formula is C35H43F2N5O4. The molecule has 1 aliphatic carbocycles. The second-order valence-electron chi connectivity index (χ2n) is 11.8. The molecule has 1 saturated carbocycles. The lowest BCUT2D eigenvalue weighted by Crippen LogP contribution is -2.35. The summed E-state index contributed by atoms with van der Waals surface area (Å²) in [7, 11) is 0. The Morgan fingerprint density at radius 1 is 0.978 bits per heavy atom. The lowest BCUT2D eigenvalue weighted by molar-refractivity contribution is -0.134. The molecular weight excluding hydrogens is 592 g/mol. The lowest BCUT2D eigenvalue weighted by Gasteiger charge is -2.31. The van der Waals surface area contributed by atoms with Crippen LogP contribution in [-0.2, 0) is 32.0 Å². The number of ether oxygens (including phenoxy) is 3. The number of hydrogen-bond donors (Lipinski definition) is 1. The Labute approximate surface area is 268 Å². The van der Waals surface area contributed by atoms with E-state index in [2.05, 4.69) is 19.9 Å². The number of carbonyl (C=O) groups excluding carboxylic acids is 1. The summed E-state index contributed by atoms with van der Waals surface area (Å²) >= 11 is 0. The highest BCUT2D eigenvalue weighted by Gasteiger charge is 2.27. The molecule has 1 aromatic carbocycles. The van der Waals surface area contributed by atoms with Crippen molar-refractivity contribution in [2.45, 2.75) is 52.0 Å². The lowest BCUT2D eigenvalue weighted by atomic mass is 9.77. The van der Waals surface area contributed by atoms with Crippen molar-refractivity contribution in [3.8, 4) is 11.4 Å². The molecule has 46 heavy (non-hydrogen) atoms. The standard InChI is InChI=1S/C35H43F2N5O4/c1-2-44-13-14-46-16-15-45-12-11-42(24-25-7-4-3-5-8-25)33(43)19-27-10-6-9-26(17-27)18-32-31(37)23-40-35(41-32)30-22-39-34-29(30)20-28(36)21-38-34/h3-5,7-8,20-23,26-27H,2,6,9-19,24H2,1H3,(H,38,39)/t26-,27+/m0/s1. The molecule has 9 nitrogen and oxygen atoms in total. The van der Waals surface area contributed by atoms with Crippen LogP contribution >= 0.6 is 0 Å². The van der Waals surface area contributed by atoms with E-state index in [0.29, 0.717) is 93.7 Å². The number of nitrogens with zero attached hydrogens (tertiary/aromatic N) is 4. The fourth-order valence-corrected chi connectivity index (χ4v) is 6.12. The van der Waals surface area contributed by atoms with Crippen LogP contribution < -0.4 is 0 Å². The summed E-state index contributed by atoms with van der Waals surface area (Å²) in [5.41, 5.74) is 2.50. The first-order chi connectivity index (χ1) is 22.5. The number of rotatable bonds is 17. The fraction of sp³-hybridized carbons (Fsp3) is 0.486. The van der Waals surface area contributed by atoms with E-state index in [1.54, 1.807) is 6.20 Å². The fourth-order valence-electron chi connectivity index (χ4n) is 6.12. The van der Waals surface area contributed by atoms with E-state index in [9.17, 15) is 13.6 Å². The molecule has 2 atom stereocenters. The van der Waals surface area contributed by atoms with Gasteiger partial charge in [-0.25, -0.2) is 23.7 Å². The van der Waals surface area contributed by atoms with Crippen molar-refractivity contribution in [1.82, 2.24) is 24.8 Å². The van der Waals surface area contributed by atoms with Gasteiger partial charge in [0.25, 0.3) is 0 Å². The van der Waals surface area contributed by atoms with Crippen LogP contribution in [0.2, 0.25) is 0 Å². The number of hydrogen-bond acceptors (Lipinski definition) is 7. The third-order valence-electron chi connectivity index (χ3n) is 8.41. The number of fused-ring (bicyclic) bond motifs is 1. The smallest absolute Gasteiger partial charge is 0.223 e.